The fourth-order valence-electron chi connectivity index (χ4n) is 3.56. The molecule has 4 rings (SSSR count). The quantitative estimate of drug-likeness (QED) is 0.653. The van der Waals surface area contributed by atoms with Gasteiger partial charge in [0.05, 0.1) is 28.9 Å². The number of pyridine rings is 1. The number of fused-ring (bicyclic) bond motifs is 1. The van der Waals surface area contributed by atoms with Gasteiger partial charge in [-0.2, -0.15) is 0 Å². The van der Waals surface area contributed by atoms with Gasteiger partial charge in [0.15, 0.2) is 0 Å². The largest absolute Gasteiger partial charge is 0.390 e. The van der Waals surface area contributed by atoms with E-state index in [0.717, 1.165) is 29.1 Å². The standard InChI is InChI=1S/C20H23N5O2/c1-13-22-16-6-5-14(10-18(16)23-13)20(27)24-17-7-9-25(12-19(17)26)11-15-4-2-3-8-21-15/h2-6,8,10,17,19,26H,7,9,11-12H2,1H3,(H,22,23)(H,24,27)/t17-,19-/m1/s1. The van der Waals surface area contributed by atoms with Crippen molar-refractivity contribution in [2.24, 2.45) is 0 Å². The van der Waals surface area contributed by atoms with Crippen molar-refractivity contribution >= 4 is 16.9 Å². The summed E-state index contributed by atoms with van der Waals surface area (Å²) in [6.45, 7) is 3.90. The summed E-state index contributed by atoms with van der Waals surface area (Å²) < 4.78 is 0. The molecule has 0 aliphatic carbocycles. The van der Waals surface area contributed by atoms with Gasteiger partial charge >= 0.3 is 0 Å². The minimum atomic E-state index is -0.607. The summed E-state index contributed by atoms with van der Waals surface area (Å²) in [6, 6.07) is 11.0. The molecular weight excluding hydrogens is 342 g/mol. The third-order valence-electron chi connectivity index (χ3n) is 4.96. The number of hydrogen-bond donors (Lipinski definition) is 3. The molecule has 1 aliphatic heterocycles. The number of H-pyrrole nitrogens is 1. The lowest BCUT2D eigenvalue weighted by Crippen LogP contribution is -2.53. The van der Waals surface area contributed by atoms with E-state index < -0.39 is 6.10 Å². The number of nitrogens with zero attached hydrogens (tertiary/aromatic N) is 3. The van der Waals surface area contributed by atoms with Crippen LogP contribution in [0.15, 0.2) is 42.6 Å². The molecule has 7 heteroatoms. The number of aromatic amines is 1. The number of aryl methyl sites for hydroxylation is 1. The number of benzene rings is 1. The molecule has 0 saturated carbocycles. The maximum absolute atomic E-state index is 12.6. The molecule has 3 heterocycles. The van der Waals surface area contributed by atoms with Gasteiger partial charge in [-0.3, -0.25) is 14.7 Å². The van der Waals surface area contributed by atoms with E-state index in [1.54, 1.807) is 18.3 Å². The molecule has 7 nitrogen and oxygen atoms in total. The fraction of sp³-hybridized carbons (Fsp3) is 0.350. The van der Waals surface area contributed by atoms with Crippen LogP contribution in [0.2, 0.25) is 0 Å². The predicted molar refractivity (Wildman–Crippen MR) is 102 cm³/mol. The third kappa shape index (κ3) is 3.99. The number of rotatable bonds is 4. The molecule has 1 aliphatic rings. The second kappa shape index (κ2) is 7.46. The Balaban J connectivity index is 1.37. The predicted octanol–water partition coefficient (Wildman–Crippen LogP) is 1.63. The second-order valence-electron chi connectivity index (χ2n) is 7.05. The molecule has 0 spiro atoms. The van der Waals surface area contributed by atoms with Crippen LogP contribution in [-0.4, -0.2) is 56.1 Å². The molecule has 3 aromatic rings. The molecule has 27 heavy (non-hydrogen) atoms. The molecular formula is C20H23N5O2. The number of carbonyl (C=O) groups is 1. The Morgan fingerprint density at radius 2 is 2.26 bits per heavy atom. The summed E-state index contributed by atoms with van der Waals surface area (Å²) in [4.78, 5) is 26.6. The number of amides is 1. The molecule has 1 fully saturated rings. The van der Waals surface area contributed by atoms with Crippen LogP contribution in [0.25, 0.3) is 11.0 Å². The summed E-state index contributed by atoms with van der Waals surface area (Å²) in [5.41, 5.74) is 3.22. The number of nitrogens with one attached hydrogen (secondary N) is 2. The Morgan fingerprint density at radius 1 is 1.37 bits per heavy atom. The van der Waals surface area contributed by atoms with Crippen molar-refractivity contribution in [2.75, 3.05) is 13.1 Å². The Kier molecular flexibility index (Phi) is 4.87. The van der Waals surface area contributed by atoms with Gasteiger partial charge in [-0.25, -0.2) is 4.98 Å². The monoisotopic (exact) mass is 365 g/mol. The van der Waals surface area contributed by atoms with Gasteiger partial charge in [-0.1, -0.05) is 6.07 Å². The minimum absolute atomic E-state index is 0.175. The number of β-amino-alcohol motifs (C(OH)–C–C–N with tert-alkyl or cyclic N) is 1. The maximum atomic E-state index is 12.6. The first-order valence-corrected chi connectivity index (χ1v) is 9.16. The van der Waals surface area contributed by atoms with Gasteiger partial charge in [0.25, 0.3) is 5.91 Å². The van der Waals surface area contributed by atoms with E-state index in [-0.39, 0.29) is 11.9 Å². The van der Waals surface area contributed by atoms with Crippen molar-refractivity contribution in [3.05, 3.63) is 59.7 Å². The highest BCUT2D eigenvalue weighted by Gasteiger charge is 2.29. The molecule has 2 atom stereocenters. The van der Waals surface area contributed by atoms with Crippen LogP contribution in [0.5, 0.6) is 0 Å². The number of aliphatic hydroxyl groups is 1. The van der Waals surface area contributed by atoms with Gasteiger partial charge < -0.3 is 15.4 Å². The van der Waals surface area contributed by atoms with Crippen LogP contribution in [-0.2, 0) is 6.54 Å². The number of likely N-dealkylation sites (tertiary alicyclic amines) is 1. The van der Waals surface area contributed by atoms with Gasteiger partial charge in [0, 0.05) is 31.4 Å². The molecule has 0 unspecified atom stereocenters. The number of piperidine rings is 1. The fourth-order valence-corrected chi connectivity index (χ4v) is 3.56. The average molecular weight is 365 g/mol. The smallest absolute Gasteiger partial charge is 0.251 e. The highest BCUT2D eigenvalue weighted by atomic mass is 16.3. The summed E-state index contributed by atoms with van der Waals surface area (Å²) >= 11 is 0. The SMILES string of the molecule is Cc1nc2ccc(C(=O)N[C@@H]3CCN(Cc4ccccn4)C[C@H]3O)cc2[nH]1. The number of carbonyl (C=O) groups excluding carboxylic acids is 1. The van der Waals surface area contributed by atoms with E-state index in [1.165, 1.54) is 0 Å². The zero-order valence-electron chi connectivity index (χ0n) is 15.2. The summed E-state index contributed by atoms with van der Waals surface area (Å²) in [6.07, 6.45) is 1.87. The van der Waals surface area contributed by atoms with Crippen LogP contribution in [0.3, 0.4) is 0 Å². The van der Waals surface area contributed by atoms with Gasteiger partial charge in [-0.15, -0.1) is 0 Å². The minimum Gasteiger partial charge on any atom is -0.390 e. The number of aliphatic hydroxyl groups excluding tert-OH is 1. The maximum Gasteiger partial charge on any atom is 0.251 e. The van der Waals surface area contributed by atoms with Gasteiger partial charge in [0.1, 0.15) is 5.82 Å². The first-order chi connectivity index (χ1) is 13.1. The Labute approximate surface area is 157 Å². The van der Waals surface area contributed by atoms with Crippen molar-refractivity contribution in [3.8, 4) is 0 Å². The van der Waals surface area contributed by atoms with E-state index in [4.69, 9.17) is 0 Å². The van der Waals surface area contributed by atoms with E-state index in [0.29, 0.717) is 25.1 Å². The zero-order valence-corrected chi connectivity index (χ0v) is 15.2. The molecule has 2 aromatic heterocycles. The van der Waals surface area contributed by atoms with Crippen LogP contribution in [0, 0.1) is 6.92 Å². The van der Waals surface area contributed by atoms with Crippen LogP contribution in [0.1, 0.15) is 28.3 Å². The van der Waals surface area contributed by atoms with E-state index in [9.17, 15) is 9.90 Å². The number of imidazole rings is 1. The van der Waals surface area contributed by atoms with Crippen molar-refractivity contribution in [1.82, 2.24) is 25.2 Å². The van der Waals surface area contributed by atoms with Crippen molar-refractivity contribution in [1.29, 1.82) is 0 Å². The third-order valence-corrected chi connectivity index (χ3v) is 4.96. The van der Waals surface area contributed by atoms with E-state index >= 15 is 0 Å². The highest BCUT2D eigenvalue weighted by Crippen LogP contribution is 2.16. The van der Waals surface area contributed by atoms with Gasteiger partial charge in [-0.05, 0) is 43.7 Å². The van der Waals surface area contributed by atoms with E-state index in [1.807, 2.05) is 31.2 Å². The molecule has 1 saturated heterocycles. The molecule has 1 amide bonds. The van der Waals surface area contributed by atoms with Crippen molar-refractivity contribution in [3.63, 3.8) is 0 Å². The Hall–Kier alpha value is -2.77. The summed E-state index contributed by atoms with van der Waals surface area (Å²) in [7, 11) is 0. The first-order valence-electron chi connectivity index (χ1n) is 9.16. The average Bonchev–Trinajstić information content (AvgIpc) is 3.04. The summed E-state index contributed by atoms with van der Waals surface area (Å²) in [5, 5.41) is 13.5. The van der Waals surface area contributed by atoms with Crippen LogP contribution in [0.4, 0.5) is 0 Å². The molecule has 140 valence electrons. The Morgan fingerprint density at radius 3 is 3.04 bits per heavy atom. The number of aromatic nitrogens is 3. The lowest BCUT2D eigenvalue weighted by atomic mass is 10.0. The van der Waals surface area contributed by atoms with E-state index in [2.05, 4.69) is 25.2 Å². The normalized spacial score (nSPS) is 20.7. The molecule has 0 bridgehead atoms. The topological polar surface area (TPSA) is 94.1 Å². The molecule has 3 N–H and O–H groups in total. The molecule has 1 aromatic carbocycles. The second-order valence-corrected chi connectivity index (χ2v) is 7.05. The number of hydrogen-bond acceptors (Lipinski definition) is 5. The van der Waals surface area contributed by atoms with Crippen LogP contribution >= 0.6 is 0 Å². The summed E-state index contributed by atoms with van der Waals surface area (Å²) in [5.74, 6) is 0.643. The highest BCUT2D eigenvalue weighted by molar-refractivity contribution is 5.97. The van der Waals surface area contributed by atoms with Crippen LogP contribution < -0.4 is 5.32 Å². The molecule has 0 radical (unpaired) electrons. The Bertz CT molecular complexity index is 940. The lowest BCUT2D eigenvalue weighted by Gasteiger charge is -2.36. The lowest BCUT2D eigenvalue weighted by molar-refractivity contribution is 0.0345. The van der Waals surface area contributed by atoms with Gasteiger partial charge in [0.2, 0.25) is 0 Å². The van der Waals surface area contributed by atoms with Crippen molar-refractivity contribution in [2.45, 2.75) is 32.0 Å². The van der Waals surface area contributed by atoms with Crippen molar-refractivity contribution < 1.29 is 9.90 Å². The first kappa shape index (κ1) is 17.6. The zero-order chi connectivity index (χ0) is 18.8.